The van der Waals surface area contributed by atoms with Crippen molar-refractivity contribution in [1.29, 1.82) is 0 Å². The summed E-state index contributed by atoms with van der Waals surface area (Å²) < 4.78 is 71.8. The molecule has 0 amide bonds. The van der Waals surface area contributed by atoms with Gasteiger partial charge >= 0.3 is 6.18 Å². The lowest BCUT2D eigenvalue weighted by atomic mass is 10.2. The highest BCUT2D eigenvalue weighted by atomic mass is 79.9. The first-order valence-electron chi connectivity index (χ1n) is 9.65. The highest BCUT2D eigenvalue weighted by Gasteiger charge is 2.32. The van der Waals surface area contributed by atoms with Gasteiger partial charge in [-0.15, -0.1) is 0 Å². The molecule has 0 saturated heterocycles. The predicted molar refractivity (Wildman–Crippen MR) is 125 cm³/mol. The molecule has 0 aliphatic carbocycles. The van der Waals surface area contributed by atoms with Gasteiger partial charge in [-0.1, -0.05) is 6.07 Å². The third-order valence-electron chi connectivity index (χ3n) is 4.79. The van der Waals surface area contributed by atoms with Crippen LogP contribution in [-0.2, 0) is 16.2 Å². The van der Waals surface area contributed by atoms with Crippen LogP contribution in [0.1, 0.15) is 5.56 Å². The number of anilines is 1. The van der Waals surface area contributed by atoms with Crippen LogP contribution < -0.4 is 9.46 Å². The Morgan fingerprint density at radius 2 is 1.74 bits per heavy atom. The lowest BCUT2D eigenvalue weighted by molar-refractivity contribution is -0.383. The van der Waals surface area contributed by atoms with E-state index in [4.69, 9.17) is 4.74 Å². The van der Waals surface area contributed by atoms with E-state index in [9.17, 15) is 31.7 Å². The van der Waals surface area contributed by atoms with Crippen LogP contribution in [0.4, 0.5) is 24.5 Å². The molecule has 0 unspecified atom stereocenters. The fraction of sp³-hybridized carbons (Fsp3) is 0.0455. The van der Waals surface area contributed by atoms with E-state index in [1.165, 1.54) is 48.7 Å². The van der Waals surface area contributed by atoms with Gasteiger partial charge in [0.05, 0.1) is 10.5 Å². The number of fused-ring (bicyclic) bond motifs is 1. The highest BCUT2D eigenvalue weighted by molar-refractivity contribution is 9.10. The fourth-order valence-corrected chi connectivity index (χ4v) is 5.33. The van der Waals surface area contributed by atoms with E-state index >= 15 is 0 Å². The van der Waals surface area contributed by atoms with Gasteiger partial charge in [0.2, 0.25) is 0 Å². The number of alkyl halides is 3. The molecular formula is C22H13BrF3N3O5S. The van der Waals surface area contributed by atoms with E-state index in [1.807, 2.05) is 0 Å². The summed E-state index contributed by atoms with van der Waals surface area (Å²) in [6.45, 7) is 0. The summed E-state index contributed by atoms with van der Waals surface area (Å²) >= 11 is 2.88. The molecular weight excluding hydrogens is 555 g/mol. The van der Waals surface area contributed by atoms with Crippen LogP contribution in [-0.4, -0.2) is 18.3 Å². The number of non-ortho nitro benzene ring substituents is 1. The molecule has 180 valence electrons. The Hall–Kier alpha value is -3.71. The number of benzene rings is 3. The molecule has 0 saturated carbocycles. The second-order valence-corrected chi connectivity index (χ2v) is 9.62. The van der Waals surface area contributed by atoms with Gasteiger partial charge in [-0.3, -0.25) is 14.8 Å². The zero-order chi connectivity index (χ0) is 25.4. The molecule has 0 bridgehead atoms. The summed E-state index contributed by atoms with van der Waals surface area (Å²) in [4.78, 5) is 14.4. The van der Waals surface area contributed by atoms with Crippen molar-refractivity contribution >= 4 is 48.2 Å². The largest absolute Gasteiger partial charge is 0.457 e. The first-order chi connectivity index (χ1) is 16.5. The number of sulfonamides is 1. The number of nitro groups is 1. The molecule has 0 atom stereocenters. The number of hydrogen-bond acceptors (Lipinski definition) is 6. The molecule has 35 heavy (non-hydrogen) atoms. The van der Waals surface area contributed by atoms with Crippen molar-refractivity contribution in [3.8, 4) is 11.5 Å². The number of ether oxygens (including phenoxy) is 1. The van der Waals surface area contributed by atoms with Crippen LogP contribution in [0.3, 0.4) is 0 Å². The Kier molecular flexibility index (Phi) is 6.38. The SMILES string of the molecule is O=[N+]([O-])c1cccc2c(Oc3ccc(NS(=O)(=O)c4ccc(C(F)(F)F)cc4Br)cc3)ccnc12. The molecule has 8 nitrogen and oxygen atoms in total. The van der Waals surface area contributed by atoms with Crippen LogP contribution in [0, 0.1) is 10.1 Å². The van der Waals surface area contributed by atoms with Crippen molar-refractivity contribution in [2.24, 2.45) is 0 Å². The molecule has 4 aromatic rings. The topological polar surface area (TPSA) is 111 Å². The molecule has 13 heteroatoms. The minimum Gasteiger partial charge on any atom is -0.457 e. The van der Waals surface area contributed by atoms with Gasteiger partial charge < -0.3 is 4.74 Å². The maximum atomic E-state index is 12.8. The van der Waals surface area contributed by atoms with E-state index in [-0.39, 0.29) is 26.3 Å². The average molecular weight is 568 g/mol. The summed E-state index contributed by atoms with van der Waals surface area (Å²) in [7, 11) is -4.20. The van der Waals surface area contributed by atoms with Crippen LogP contribution in [0.25, 0.3) is 10.9 Å². The van der Waals surface area contributed by atoms with E-state index in [0.717, 1.165) is 6.07 Å². The average Bonchev–Trinajstić information content (AvgIpc) is 2.79. The Balaban J connectivity index is 1.55. The minimum absolute atomic E-state index is 0.138. The van der Waals surface area contributed by atoms with E-state index in [0.29, 0.717) is 29.0 Å². The predicted octanol–water partition coefficient (Wildman–Crippen LogP) is 6.52. The monoisotopic (exact) mass is 567 g/mol. The number of nitrogens with one attached hydrogen (secondary N) is 1. The molecule has 0 aliphatic heterocycles. The number of rotatable bonds is 6. The summed E-state index contributed by atoms with van der Waals surface area (Å²) in [5, 5.41) is 11.7. The summed E-state index contributed by atoms with van der Waals surface area (Å²) in [6.07, 6.45) is -3.24. The number of aromatic nitrogens is 1. The molecule has 1 heterocycles. The summed E-state index contributed by atoms with van der Waals surface area (Å²) in [5.74, 6) is 0.614. The van der Waals surface area contributed by atoms with Crippen molar-refractivity contribution in [3.63, 3.8) is 0 Å². The second kappa shape index (κ2) is 9.15. The van der Waals surface area contributed by atoms with Crippen LogP contribution in [0.15, 0.2) is 82.3 Å². The van der Waals surface area contributed by atoms with Crippen molar-refractivity contribution in [2.45, 2.75) is 11.1 Å². The number of halogens is 4. The van der Waals surface area contributed by atoms with Gasteiger partial charge in [-0.25, -0.2) is 13.4 Å². The molecule has 4 rings (SSSR count). The van der Waals surface area contributed by atoms with Crippen LogP contribution in [0.2, 0.25) is 0 Å². The van der Waals surface area contributed by atoms with Crippen molar-refractivity contribution < 1.29 is 31.2 Å². The van der Waals surface area contributed by atoms with Gasteiger partial charge in [0.1, 0.15) is 16.4 Å². The number of nitrogens with zero attached hydrogens (tertiary/aromatic N) is 2. The highest BCUT2D eigenvalue weighted by Crippen LogP contribution is 2.35. The van der Waals surface area contributed by atoms with Crippen LogP contribution >= 0.6 is 15.9 Å². The Morgan fingerprint density at radius 3 is 2.37 bits per heavy atom. The van der Waals surface area contributed by atoms with Crippen molar-refractivity contribution in [2.75, 3.05) is 4.72 Å². The number of pyridine rings is 1. The normalized spacial score (nSPS) is 11.9. The van der Waals surface area contributed by atoms with Crippen LogP contribution in [0.5, 0.6) is 11.5 Å². The molecule has 0 aliphatic rings. The van der Waals surface area contributed by atoms with Gasteiger partial charge in [0.25, 0.3) is 15.7 Å². The third-order valence-corrected chi connectivity index (χ3v) is 7.15. The standard InChI is InChI=1S/C22H13BrF3N3O5S/c23-17-12-13(22(24,25)26)4-9-20(17)35(32,33)28-14-5-7-15(8-6-14)34-19-10-11-27-21-16(19)2-1-3-18(21)29(30)31/h1-12,28H. The first kappa shape index (κ1) is 24.4. The van der Waals surface area contributed by atoms with Crippen molar-refractivity contribution in [1.82, 2.24) is 4.98 Å². The maximum absolute atomic E-state index is 12.8. The second-order valence-electron chi connectivity index (χ2n) is 7.11. The zero-order valence-electron chi connectivity index (χ0n) is 17.3. The summed E-state index contributed by atoms with van der Waals surface area (Å²) in [5.41, 5.74) is -0.869. The number of para-hydroxylation sites is 1. The smallest absolute Gasteiger partial charge is 0.416 e. The van der Waals surface area contributed by atoms with E-state index < -0.39 is 26.7 Å². The Bertz CT molecular complexity index is 1540. The maximum Gasteiger partial charge on any atom is 0.416 e. The molecule has 1 aromatic heterocycles. The lowest BCUT2D eigenvalue weighted by Gasteiger charge is -2.13. The molecule has 0 radical (unpaired) electrons. The van der Waals surface area contributed by atoms with Gasteiger partial charge in [0, 0.05) is 27.8 Å². The lowest BCUT2D eigenvalue weighted by Crippen LogP contribution is -2.14. The van der Waals surface area contributed by atoms with E-state index in [2.05, 4.69) is 25.6 Å². The molecule has 3 aromatic carbocycles. The fourth-order valence-electron chi connectivity index (χ4n) is 3.19. The Morgan fingerprint density at radius 1 is 1.03 bits per heavy atom. The number of nitro benzene ring substituents is 1. The third kappa shape index (κ3) is 5.20. The quantitative estimate of drug-likeness (QED) is 0.210. The van der Waals surface area contributed by atoms with Gasteiger partial charge in [-0.05, 0) is 70.5 Å². The Labute approximate surface area is 204 Å². The first-order valence-corrected chi connectivity index (χ1v) is 11.9. The minimum atomic E-state index is -4.61. The van der Waals surface area contributed by atoms with Gasteiger partial charge in [-0.2, -0.15) is 13.2 Å². The van der Waals surface area contributed by atoms with Crippen molar-refractivity contribution in [3.05, 3.63) is 93.1 Å². The van der Waals surface area contributed by atoms with Gasteiger partial charge in [0.15, 0.2) is 5.52 Å². The van der Waals surface area contributed by atoms with E-state index in [1.54, 1.807) is 6.07 Å². The molecule has 0 fully saturated rings. The molecule has 1 N–H and O–H groups in total. The molecule has 0 spiro atoms. The number of hydrogen-bond donors (Lipinski definition) is 1. The summed E-state index contributed by atoms with van der Waals surface area (Å²) in [6, 6.07) is 13.9. The zero-order valence-corrected chi connectivity index (χ0v) is 19.7.